The van der Waals surface area contributed by atoms with E-state index < -0.39 is 6.10 Å². The van der Waals surface area contributed by atoms with Crippen molar-refractivity contribution in [2.45, 2.75) is 32.5 Å². The number of aliphatic hydroxyl groups excluding tert-OH is 1. The molecule has 1 heterocycles. The number of hydrogen-bond donors (Lipinski definition) is 1. The quantitative estimate of drug-likeness (QED) is 0.388. The molecule has 3 aromatic carbocycles. The summed E-state index contributed by atoms with van der Waals surface area (Å²) in [5.74, 6) is 1.95. The largest absolute Gasteiger partial charge is 0.493 e. The molecule has 6 nitrogen and oxygen atoms in total. The highest BCUT2D eigenvalue weighted by Crippen LogP contribution is 2.39. The molecule has 0 bridgehead atoms. The van der Waals surface area contributed by atoms with Crippen LogP contribution in [0.4, 0.5) is 0 Å². The number of benzene rings is 3. The average molecular weight is 431 g/mol. The number of rotatable bonds is 9. The highest BCUT2D eigenvalue weighted by molar-refractivity contribution is 5.66. The van der Waals surface area contributed by atoms with Crippen molar-refractivity contribution in [3.63, 3.8) is 0 Å². The van der Waals surface area contributed by atoms with Crippen molar-refractivity contribution in [3.05, 3.63) is 95.4 Å². The molecule has 0 aliphatic carbocycles. The van der Waals surface area contributed by atoms with Gasteiger partial charge in [0.25, 0.3) is 0 Å². The summed E-state index contributed by atoms with van der Waals surface area (Å²) in [7, 11) is 1.58. The Morgan fingerprint density at radius 1 is 0.938 bits per heavy atom. The summed E-state index contributed by atoms with van der Waals surface area (Å²) in [5.41, 5.74) is 3.54. The van der Waals surface area contributed by atoms with E-state index in [4.69, 9.17) is 14.0 Å². The summed E-state index contributed by atoms with van der Waals surface area (Å²) in [6, 6.07) is 23.6. The lowest BCUT2D eigenvalue weighted by Crippen LogP contribution is -2.05. The lowest BCUT2D eigenvalue weighted by Gasteiger charge is -2.18. The zero-order valence-corrected chi connectivity index (χ0v) is 18.2. The van der Waals surface area contributed by atoms with Gasteiger partial charge in [0.1, 0.15) is 6.61 Å². The number of aliphatic hydroxyl groups is 1. The number of nitrogens with zero attached hydrogens (tertiary/aromatic N) is 2. The molecular formula is C26H26N2O4. The molecule has 4 rings (SSSR count). The van der Waals surface area contributed by atoms with E-state index >= 15 is 0 Å². The smallest absolute Gasteiger partial charge is 0.223 e. The number of ether oxygens (including phenoxy) is 2. The Kier molecular flexibility index (Phi) is 6.82. The molecule has 0 saturated carbocycles. The van der Waals surface area contributed by atoms with Gasteiger partial charge in [-0.15, -0.1) is 0 Å². The van der Waals surface area contributed by atoms with Gasteiger partial charge in [-0.05, 0) is 41.7 Å². The average Bonchev–Trinajstić information content (AvgIpc) is 3.28. The van der Waals surface area contributed by atoms with Gasteiger partial charge < -0.3 is 19.1 Å². The standard InChI is InChI=1S/C26H26N2O4/c1-18-27-26(28-32-18)22-16-24(30-2)25(31-17-20-11-7-4-8-12-20)15-21(22)23(29)14-13-19-9-5-3-6-10-19/h3-12,15-16,23,29H,13-14,17H2,1-2H3. The van der Waals surface area contributed by atoms with Crippen LogP contribution in [0.15, 0.2) is 77.3 Å². The summed E-state index contributed by atoms with van der Waals surface area (Å²) in [5, 5.41) is 15.2. The molecule has 0 aliphatic heterocycles. The monoisotopic (exact) mass is 430 g/mol. The Hall–Kier alpha value is -3.64. The Balaban J connectivity index is 1.65. The van der Waals surface area contributed by atoms with Crippen molar-refractivity contribution in [1.82, 2.24) is 10.1 Å². The molecule has 0 saturated heterocycles. The van der Waals surface area contributed by atoms with Crippen molar-refractivity contribution in [2.75, 3.05) is 7.11 Å². The first-order valence-corrected chi connectivity index (χ1v) is 10.6. The fourth-order valence-electron chi connectivity index (χ4n) is 3.56. The van der Waals surface area contributed by atoms with Gasteiger partial charge in [-0.2, -0.15) is 4.98 Å². The van der Waals surface area contributed by atoms with Crippen LogP contribution in [0.25, 0.3) is 11.4 Å². The van der Waals surface area contributed by atoms with E-state index in [1.165, 1.54) is 0 Å². The van der Waals surface area contributed by atoms with Gasteiger partial charge in [0.05, 0.1) is 13.2 Å². The zero-order valence-electron chi connectivity index (χ0n) is 18.2. The molecule has 4 aromatic rings. The van der Waals surface area contributed by atoms with Crippen molar-refractivity contribution >= 4 is 0 Å². The second kappa shape index (κ2) is 10.1. The maximum Gasteiger partial charge on any atom is 0.223 e. The van der Waals surface area contributed by atoms with Crippen LogP contribution in [0.3, 0.4) is 0 Å². The topological polar surface area (TPSA) is 77.6 Å². The summed E-state index contributed by atoms with van der Waals surface area (Å²) >= 11 is 0. The zero-order chi connectivity index (χ0) is 22.3. The molecule has 6 heteroatoms. The van der Waals surface area contributed by atoms with Gasteiger partial charge in [0.15, 0.2) is 11.5 Å². The molecule has 32 heavy (non-hydrogen) atoms. The maximum absolute atomic E-state index is 11.1. The van der Waals surface area contributed by atoms with E-state index in [2.05, 4.69) is 22.3 Å². The fraction of sp³-hybridized carbons (Fsp3) is 0.231. The fourth-order valence-corrected chi connectivity index (χ4v) is 3.56. The SMILES string of the molecule is COc1cc(-c2noc(C)n2)c(C(O)CCc2ccccc2)cc1OCc1ccccc1. The second-order valence-corrected chi connectivity index (χ2v) is 7.54. The number of methoxy groups -OCH3 is 1. The summed E-state index contributed by atoms with van der Waals surface area (Å²) in [4.78, 5) is 4.36. The molecular weight excluding hydrogens is 404 g/mol. The molecule has 164 valence electrons. The van der Waals surface area contributed by atoms with Crippen molar-refractivity contribution < 1.29 is 19.1 Å². The van der Waals surface area contributed by atoms with Crippen LogP contribution < -0.4 is 9.47 Å². The van der Waals surface area contributed by atoms with Gasteiger partial charge in [-0.3, -0.25) is 0 Å². The molecule has 0 radical (unpaired) electrons. The number of aryl methyl sites for hydroxylation is 2. The predicted octanol–water partition coefficient (Wildman–Crippen LogP) is 5.30. The molecule has 0 amide bonds. The van der Waals surface area contributed by atoms with Gasteiger partial charge in [-0.1, -0.05) is 65.8 Å². The van der Waals surface area contributed by atoms with Crippen molar-refractivity contribution in [2.24, 2.45) is 0 Å². The number of aromatic nitrogens is 2. The van der Waals surface area contributed by atoms with Gasteiger partial charge >= 0.3 is 0 Å². The highest BCUT2D eigenvalue weighted by atomic mass is 16.5. The normalized spacial score (nSPS) is 11.8. The van der Waals surface area contributed by atoms with E-state index in [0.717, 1.165) is 17.5 Å². The summed E-state index contributed by atoms with van der Waals surface area (Å²) in [6.07, 6.45) is 0.533. The Labute approximate surface area is 187 Å². The van der Waals surface area contributed by atoms with Crippen LogP contribution in [0.1, 0.15) is 35.1 Å². The van der Waals surface area contributed by atoms with Crippen LogP contribution in [-0.2, 0) is 13.0 Å². The summed E-state index contributed by atoms with van der Waals surface area (Å²) < 4.78 is 16.8. The molecule has 0 aliphatic rings. The third-order valence-electron chi connectivity index (χ3n) is 5.25. The minimum absolute atomic E-state index is 0.386. The lowest BCUT2D eigenvalue weighted by molar-refractivity contribution is 0.167. The van der Waals surface area contributed by atoms with Crippen molar-refractivity contribution in [3.8, 4) is 22.9 Å². The van der Waals surface area contributed by atoms with Crippen LogP contribution in [-0.4, -0.2) is 22.4 Å². The van der Waals surface area contributed by atoms with Gasteiger partial charge in [0.2, 0.25) is 11.7 Å². The molecule has 1 aromatic heterocycles. The third kappa shape index (κ3) is 5.15. The minimum atomic E-state index is -0.742. The summed E-state index contributed by atoms with van der Waals surface area (Å²) in [6.45, 7) is 2.12. The lowest BCUT2D eigenvalue weighted by atomic mass is 9.96. The van der Waals surface area contributed by atoms with Crippen LogP contribution in [0.2, 0.25) is 0 Å². The number of hydrogen-bond acceptors (Lipinski definition) is 6. The first kappa shape index (κ1) is 21.6. The van der Waals surface area contributed by atoms with Crippen LogP contribution >= 0.6 is 0 Å². The molecule has 0 spiro atoms. The van der Waals surface area contributed by atoms with E-state index in [0.29, 0.717) is 47.4 Å². The van der Waals surface area contributed by atoms with Crippen LogP contribution in [0.5, 0.6) is 11.5 Å². The van der Waals surface area contributed by atoms with E-state index in [1.807, 2.05) is 54.6 Å². The predicted molar refractivity (Wildman–Crippen MR) is 122 cm³/mol. The first-order chi connectivity index (χ1) is 15.6. The van der Waals surface area contributed by atoms with E-state index in [9.17, 15) is 5.11 Å². The third-order valence-corrected chi connectivity index (χ3v) is 5.25. The minimum Gasteiger partial charge on any atom is -0.493 e. The molecule has 1 unspecified atom stereocenters. The van der Waals surface area contributed by atoms with E-state index in [1.54, 1.807) is 20.1 Å². The van der Waals surface area contributed by atoms with Gasteiger partial charge in [-0.25, -0.2) is 0 Å². The highest BCUT2D eigenvalue weighted by Gasteiger charge is 2.22. The Morgan fingerprint density at radius 2 is 1.62 bits per heavy atom. The molecule has 1 N–H and O–H groups in total. The Bertz CT molecular complexity index is 1140. The van der Waals surface area contributed by atoms with Gasteiger partial charge in [0, 0.05) is 12.5 Å². The molecule has 0 fully saturated rings. The van der Waals surface area contributed by atoms with E-state index in [-0.39, 0.29) is 0 Å². The van der Waals surface area contributed by atoms with Crippen molar-refractivity contribution in [1.29, 1.82) is 0 Å². The first-order valence-electron chi connectivity index (χ1n) is 10.6. The Morgan fingerprint density at radius 3 is 2.25 bits per heavy atom. The van der Waals surface area contributed by atoms with Crippen LogP contribution in [0, 0.1) is 6.92 Å². The second-order valence-electron chi connectivity index (χ2n) is 7.54. The molecule has 1 atom stereocenters. The maximum atomic E-state index is 11.1.